The van der Waals surface area contributed by atoms with Crippen LogP contribution in [0.15, 0.2) is 42.6 Å². The molecular weight excluding hydrogens is 316 g/mol. The van der Waals surface area contributed by atoms with Gasteiger partial charge in [0.25, 0.3) is 0 Å². The number of pyridine rings is 1. The summed E-state index contributed by atoms with van der Waals surface area (Å²) in [6.45, 7) is 0. The lowest BCUT2D eigenvalue weighted by Crippen LogP contribution is -2.16. The van der Waals surface area contributed by atoms with Gasteiger partial charge in [-0.15, -0.1) is 0 Å². The second kappa shape index (κ2) is 6.11. The second-order valence-corrected chi connectivity index (χ2v) is 6.33. The van der Waals surface area contributed by atoms with E-state index in [1.807, 2.05) is 0 Å². The quantitative estimate of drug-likeness (QED) is 0.879. The van der Waals surface area contributed by atoms with Gasteiger partial charge in [0, 0.05) is 6.20 Å². The van der Waals surface area contributed by atoms with Crippen molar-refractivity contribution in [3.8, 4) is 0 Å². The Labute approximate surface area is 126 Å². The third-order valence-corrected chi connectivity index (χ3v) is 4.09. The molecule has 0 saturated carbocycles. The molecule has 0 aliphatic carbocycles. The van der Waals surface area contributed by atoms with E-state index in [4.69, 9.17) is 16.7 Å². The molecule has 0 amide bonds. The fraction of sp³-hybridized carbons (Fsp3) is 0.0769. The minimum Gasteiger partial charge on any atom is -0.478 e. The Hall–Kier alpha value is -2.12. The molecule has 0 radical (unpaired) electrons. The lowest BCUT2D eigenvalue weighted by molar-refractivity contribution is 0.0697. The zero-order chi connectivity index (χ0) is 15.5. The molecule has 1 aromatic carbocycles. The maximum absolute atomic E-state index is 12.0. The molecular formula is C13H11ClN2O4S. The van der Waals surface area contributed by atoms with E-state index in [9.17, 15) is 13.2 Å². The van der Waals surface area contributed by atoms with Crippen LogP contribution < -0.4 is 4.72 Å². The van der Waals surface area contributed by atoms with Gasteiger partial charge >= 0.3 is 5.97 Å². The molecule has 0 atom stereocenters. The number of benzene rings is 1. The first-order valence-electron chi connectivity index (χ1n) is 5.80. The highest BCUT2D eigenvalue weighted by Gasteiger charge is 2.14. The Bertz CT molecular complexity index is 760. The topological polar surface area (TPSA) is 96.4 Å². The van der Waals surface area contributed by atoms with E-state index in [1.165, 1.54) is 36.5 Å². The molecule has 0 aliphatic rings. The van der Waals surface area contributed by atoms with Gasteiger partial charge in [0.2, 0.25) is 10.0 Å². The number of carboxylic acid groups (broad SMARTS) is 1. The van der Waals surface area contributed by atoms with Crippen molar-refractivity contribution >= 4 is 33.4 Å². The Kier molecular flexibility index (Phi) is 4.44. The van der Waals surface area contributed by atoms with Crippen LogP contribution in [-0.4, -0.2) is 24.5 Å². The summed E-state index contributed by atoms with van der Waals surface area (Å²) in [5.41, 5.74) is 0.552. The van der Waals surface area contributed by atoms with Crippen LogP contribution in [0, 0.1) is 0 Å². The predicted octanol–water partition coefficient (Wildman–Crippen LogP) is 2.38. The molecule has 2 aromatic rings. The van der Waals surface area contributed by atoms with Crippen molar-refractivity contribution in [3.63, 3.8) is 0 Å². The summed E-state index contributed by atoms with van der Waals surface area (Å²) in [5, 5.41) is 8.98. The summed E-state index contributed by atoms with van der Waals surface area (Å²) in [5.74, 6) is -1.32. The predicted molar refractivity (Wildman–Crippen MR) is 78.9 cm³/mol. The first kappa shape index (κ1) is 15.3. The molecule has 0 saturated heterocycles. The molecule has 6 nitrogen and oxygen atoms in total. The smallest absolute Gasteiger partial charge is 0.335 e. The number of aromatic carboxylic acids is 1. The van der Waals surface area contributed by atoms with E-state index in [0.717, 1.165) is 0 Å². The van der Waals surface area contributed by atoms with Gasteiger partial charge in [-0.05, 0) is 29.8 Å². The van der Waals surface area contributed by atoms with Crippen LogP contribution >= 0.6 is 11.6 Å². The van der Waals surface area contributed by atoms with E-state index in [0.29, 0.717) is 5.56 Å². The molecule has 1 heterocycles. The average Bonchev–Trinajstić information content (AvgIpc) is 2.41. The molecule has 2 rings (SSSR count). The van der Waals surface area contributed by atoms with Crippen LogP contribution in [0.3, 0.4) is 0 Å². The monoisotopic (exact) mass is 326 g/mol. The van der Waals surface area contributed by atoms with Crippen LogP contribution in [0.5, 0.6) is 0 Å². The van der Waals surface area contributed by atoms with Crippen molar-refractivity contribution in [1.29, 1.82) is 0 Å². The van der Waals surface area contributed by atoms with E-state index < -0.39 is 16.0 Å². The van der Waals surface area contributed by atoms with Gasteiger partial charge in [-0.3, -0.25) is 4.72 Å². The number of rotatable bonds is 5. The van der Waals surface area contributed by atoms with Crippen LogP contribution in [0.1, 0.15) is 15.9 Å². The Morgan fingerprint density at radius 1 is 1.24 bits per heavy atom. The molecule has 0 bridgehead atoms. The van der Waals surface area contributed by atoms with Gasteiger partial charge in [-0.25, -0.2) is 18.2 Å². The summed E-state index contributed by atoms with van der Waals surface area (Å²) in [7, 11) is -3.69. The Balaban J connectivity index is 2.14. The van der Waals surface area contributed by atoms with E-state index >= 15 is 0 Å². The van der Waals surface area contributed by atoms with Crippen LogP contribution in [-0.2, 0) is 15.8 Å². The number of hydrogen-bond acceptors (Lipinski definition) is 4. The van der Waals surface area contributed by atoms with Gasteiger partial charge in [0.1, 0.15) is 0 Å². The molecule has 8 heteroatoms. The molecule has 21 heavy (non-hydrogen) atoms. The summed E-state index contributed by atoms with van der Waals surface area (Å²) in [4.78, 5) is 14.6. The van der Waals surface area contributed by atoms with Crippen molar-refractivity contribution in [2.45, 2.75) is 5.75 Å². The van der Waals surface area contributed by atoms with Crippen LogP contribution in [0.25, 0.3) is 0 Å². The minimum absolute atomic E-state index is 0.0568. The number of nitrogens with zero attached hydrogens (tertiary/aromatic N) is 1. The summed E-state index contributed by atoms with van der Waals surface area (Å²) in [6, 6.07) is 8.70. The summed E-state index contributed by atoms with van der Waals surface area (Å²) < 4.78 is 26.3. The molecule has 110 valence electrons. The van der Waals surface area contributed by atoms with Gasteiger partial charge in [-0.2, -0.15) is 0 Å². The van der Waals surface area contributed by atoms with Crippen molar-refractivity contribution < 1.29 is 18.3 Å². The molecule has 0 aliphatic heterocycles. The third-order valence-electron chi connectivity index (χ3n) is 2.57. The fourth-order valence-electron chi connectivity index (χ4n) is 1.61. The highest BCUT2D eigenvalue weighted by molar-refractivity contribution is 7.91. The number of carboxylic acids is 1. The number of carbonyl (C=O) groups is 1. The summed E-state index contributed by atoms with van der Waals surface area (Å²) in [6.07, 6.45) is 1.42. The van der Waals surface area contributed by atoms with Crippen molar-refractivity contribution in [2.24, 2.45) is 0 Å². The van der Waals surface area contributed by atoms with Crippen molar-refractivity contribution in [2.75, 3.05) is 4.72 Å². The summed E-state index contributed by atoms with van der Waals surface area (Å²) >= 11 is 5.83. The van der Waals surface area contributed by atoms with Gasteiger partial charge in [0.05, 0.1) is 16.3 Å². The molecule has 0 spiro atoms. The van der Waals surface area contributed by atoms with Crippen LogP contribution in [0.2, 0.25) is 5.02 Å². The number of aromatic nitrogens is 1. The lowest BCUT2D eigenvalue weighted by Gasteiger charge is -2.08. The number of halogens is 1. The zero-order valence-corrected chi connectivity index (χ0v) is 12.2. The zero-order valence-electron chi connectivity index (χ0n) is 10.7. The van der Waals surface area contributed by atoms with Gasteiger partial charge in [-0.1, -0.05) is 23.7 Å². The Morgan fingerprint density at radius 3 is 2.48 bits per heavy atom. The highest BCUT2D eigenvalue weighted by Crippen LogP contribution is 2.20. The first-order chi connectivity index (χ1) is 9.87. The SMILES string of the molecule is O=C(O)c1ccc(CS(=O)(=O)Nc2ncccc2Cl)cc1. The van der Waals surface area contributed by atoms with Crippen molar-refractivity contribution in [3.05, 3.63) is 58.7 Å². The number of sulfonamides is 1. The first-order valence-corrected chi connectivity index (χ1v) is 7.84. The van der Waals surface area contributed by atoms with Crippen LogP contribution in [0.4, 0.5) is 5.82 Å². The average molecular weight is 327 g/mol. The second-order valence-electron chi connectivity index (χ2n) is 4.20. The van der Waals surface area contributed by atoms with E-state index in [2.05, 4.69) is 9.71 Å². The largest absolute Gasteiger partial charge is 0.478 e. The highest BCUT2D eigenvalue weighted by atomic mass is 35.5. The molecule has 0 unspecified atom stereocenters. The van der Waals surface area contributed by atoms with E-state index in [-0.39, 0.29) is 22.2 Å². The minimum atomic E-state index is -3.69. The van der Waals surface area contributed by atoms with Crippen molar-refractivity contribution in [1.82, 2.24) is 4.98 Å². The van der Waals surface area contributed by atoms with E-state index in [1.54, 1.807) is 6.07 Å². The Morgan fingerprint density at radius 2 is 1.90 bits per heavy atom. The van der Waals surface area contributed by atoms with Gasteiger partial charge < -0.3 is 5.11 Å². The fourth-order valence-corrected chi connectivity index (χ4v) is 2.99. The number of nitrogens with one attached hydrogen (secondary N) is 1. The lowest BCUT2D eigenvalue weighted by atomic mass is 10.1. The number of anilines is 1. The maximum atomic E-state index is 12.0. The maximum Gasteiger partial charge on any atom is 0.335 e. The number of hydrogen-bond donors (Lipinski definition) is 2. The molecule has 2 N–H and O–H groups in total. The normalized spacial score (nSPS) is 11.1. The standard InChI is InChI=1S/C13H11ClN2O4S/c14-11-2-1-7-15-12(11)16-21(19,20)8-9-3-5-10(6-4-9)13(17)18/h1-7H,8H2,(H,15,16)(H,17,18). The molecule has 0 fully saturated rings. The molecule has 1 aromatic heterocycles. The van der Waals surface area contributed by atoms with Gasteiger partial charge in [0.15, 0.2) is 5.82 Å². The third kappa shape index (κ3) is 4.17.